The molecule has 3 aliphatic rings. The first-order chi connectivity index (χ1) is 15.2. The van der Waals surface area contributed by atoms with E-state index in [0.717, 1.165) is 23.8 Å². The molecule has 6 heteroatoms. The molecule has 2 aromatic carbocycles. The van der Waals surface area contributed by atoms with Crippen molar-refractivity contribution in [3.8, 4) is 0 Å². The van der Waals surface area contributed by atoms with Gasteiger partial charge in [-0.2, -0.15) is 0 Å². The van der Waals surface area contributed by atoms with Crippen LogP contribution in [-0.2, 0) is 11.2 Å². The van der Waals surface area contributed by atoms with Crippen LogP contribution < -0.4 is 5.32 Å². The zero-order chi connectivity index (χ0) is 21.4. The fourth-order valence-corrected chi connectivity index (χ4v) is 4.44. The van der Waals surface area contributed by atoms with Crippen LogP contribution in [0.3, 0.4) is 0 Å². The first kappa shape index (κ1) is 19.7. The Morgan fingerprint density at radius 1 is 1.19 bits per heavy atom. The molecule has 2 aliphatic carbocycles. The molecule has 0 saturated carbocycles. The topological polar surface area (TPSA) is 86.4 Å². The number of rotatable bonds is 4. The molecular formula is C25H25N3O3. The van der Waals surface area contributed by atoms with Gasteiger partial charge < -0.3 is 20.3 Å². The zero-order valence-electron chi connectivity index (χ0n) is 17.3. The minimum atomic E-state index is -0.888. The van der Waals surface area contributed by atoms with Gasteiger partial charge in [-0.15, -0.1) is 0 Å². The highest BCUT2D eigenvalue weighted by molar-refractivity contribution is 6.18. The molecule has 0 fully saturated rings. The number of hydrogen-bond donors (Lipinski definition) is 3. The smallest absolute Gasteiger partial charge is 0.249 e. The van der Waals surface area contributed by atoms with Gasteiger partial charge in [-0.25, -0.2) is 9.98 Å². The molecule has 0 aromatic heterocycles. The van der Waals surface area contributed by atoms with Crippen LogP contribution in [0.4, 0.5) is 0 Å². The predicted octanol–water partition coefficient (Wildman–Crippen LogP) is 3.86. The molecule has 0 spiro atoms. The van der Waals surface area contributed by atoms with Crippen molar-refractivity contribution in [3.05, 3.63) is 77.1 Å². The second-order valence-corrected chi connectivity index (χ2v) is 7.82. The summed E-state index contributed by atoms with van der Waals surface area (Å²) in [7, 11) is 0. The van der Waals surface area contributed by atoms with Gasteiger partial charge in [0.2, 0.25) is 6.35 Å². The maximum atomic E-state index is 10.5. The number of ether oxygens (including phenoxy) is 1. The third kappa shape index (κ3) is 3.58. The Kier molecular flexibility index (Phi) is 5.18. The summed E-state index contributed by atoms with van der Waals surface area (Å²) in [6, 6.07) is 10.5. The highest BCUT2D eigenvalue weighted by Crippen LogP contribution is 2.32. The summed E-state index contributed by atoms with van der Waals surface area (Å²) in [4.78, 5) is 9.23. The number of fused-ring (bicyclic) bond motifs is 3. The number of aliphatic imine (C=N–C) groups is 2. The van der Waals surface area contributed by atoms with E-state index in [1.807, 2.05) is 13.0 Å². The average Bonchev–Trinajstić information content (AvgIpc) is 2.78. The molecule has 2 aromatic rings. The van der Waals surface area contributed by atoms with Crippen LogP contribution in [0.15, 0.2) is 70.4 Å². The first-order valence-electron chi connectivity index (χ1n) is 10.7. The summed E-state index contributed by atoms with van der Waals surface area (Å²) < 4.78 is 5.72. The predicted molar refractivity (Wildman–Crippen MR) is 123 cm³/mol. The minimum absolute atomic E-state index is 0.0518. The lowest BCUT2D eigenvalue weighted by Gasteiger charge is -2.29. The fraction of sp³-hybridized carbons (Fsp3) is 0.280. The standard InChI is InChI=1S/C25H25N3O3/c1-2-31-25-27-23(26-24(28-25)22-20(29)12-7-13-21(22)30)19-14-15-8-3-4-9-16(15)17-10-5-6-11-18(17)19/h3,5-8,10-14,20,22,25,29-30H,2,4,9H2,1H3,(H,26,27,28). The van der Waals surface area contributed by atoms with Gasteiger partial charge in [0.25, 0.3) is 0 Å². The quantitative estimate of drug-likeness (QED) is 0.708. The lowest BCUT2D eigenvalue weighted by atomic mass is 9.88. The van der Waals surface area contributed by atoms with E-state index in [1.54, 1.807) is 18.2 Å². The Morgan fingerprint density at radius 2 is 2.03 bits per heavy atom. The largest absolute Gasteiger partial charge is 0.511 e. The number of aliphatic hydroxyl groups excluding tert-OH is 2. The molecule has 3 N–H and O–H groups in total. The summed E-state index contributed by atoms with van der Waals surface area (Å²) in [6.07, 6.45) is 9.62. The van der Waals surface area contributed by atoms with E-state index in [9.17, 15) is 10.2 Å². The maximum absolute atomic E-state index is 10.5. The monoisotopic (exact) mass is 415 g/mol. The molecule has 0 amide bonds. The van der Waals surface area contributed by atoms with Gasteiger partial charge in [-0.3, -0.25) is 0 Å². The van der Waals surface area contributed by atoms with Crippen LogP contribution in [0.1, 0.15) is 30.0 Å². The second kappa shape index (κ2) is 8.13. The van der Waals surface area contributed by atoms with Crippen LogP contribution in [0, 0.1) is 5.92 Å². The summed E-state index contributed by atoms with van der Waals surface area (Å²) in [5.41, 5.74) is 3.48. The van der Waals surface area contributed by atoms with Gasteiger partial charge in [0.1, 0.15) is 23.3 Å². The number of hydrogen-bond acceptors (Lipinski definition) is 6. The van der Waals surface area contributed by atoms with E-state index >= 15 is 0 Å². The summed E-state index contributed by atoms with van der Waals surface area (Å²) in [5.74, 6) is 0.417. The summed E-state index contributed by atoms with van der Waals surface area (Å²) in [5, 5.41) is 26.5. The minimum Gasteiger partial charge on any atom is -0.511 e. The zero-order valence-corrected chi connectivity index (χ0v) is 17.3. The summed E-state index contributed by atoms with van der Waals surface area (Å²) >= 11 is 0. The van der Waals surface area contributed by atoms with E-state index in [1.165, 1.54) is 16.5 Å². The Hall–Kier alpha value is -3.22. The SMILES string of the molecule is CCOC1N=C(c2cc3c(c4ccccc24)CCC=C3)NC(C2C(O)=CC=CC2O)=N1. The number of aliphatic hydroxyl groups is 2. The molecule has 31 heavy (non-hydrogen) atoms. The van der Waals surface area contributed by atoms with Gasteiger partial charge in [-0.05, 0) is 53.8 Å². The van der Waals surface area contributed by atoms with Crippen molar-refractivity contribution in [1.82, 2.24) is 5.32 Å². The fourth-order valence-electron chi connectivity index (χ4n) is 4.44. The Bertz CT molecular complexity index is 1180. The van der Waals surface area contributed by atoms with Gasteiger partial charge in [0.15, 0.2) is 0 Å². The van der Waals surface area contributed by atoms with Crippen molar-refractivity contribution in [3.63, 3.8) is 0 Å². The number of allylic oxidation sites excluding steroid dienone is 3. The molecule has 158 valence electrons. The Morgan fingerprint density at radius 3 is 2.84 bits per heavy atom. The third-order valence-corrected chi connectivity index (χ3v) is 5.89. The first-order valence-corrected chi connectivity index (χ1v) is 10.7. The molecule has 0 saturated heterocycles. The molecule has 0 radical (unpaired) electrons. The number of benzene rings is 2. The molecule has 1 heterocycles. The van der Waals surface area contributed by atoms with Crippen LogP contribution in [-0.4, -0.2) is 40.9 Å². The molecule has 1 aliphatic heterocycles. The molecule has 0 bridgehead atoms. The van der Waals surface area contributed by atoms with Crippen molar-refractivity contribution < 1.29 is 14.9 Å². The highest BCUT2D eigenvalue weighted by Gasteiger charge is 2.33. The van der Waals surface area contributed by atoms with E-state index in [0.29, 0.717) is 18.3 Å². The maximum Gasteiger partial charge on any atom is 0.249 e. The lowest BCUT2D eigenvalue weighted by molar-refractivity contribution is 0.0735. The number of nitrogens with one attached hydrogen (secondary N) is 1. The van der Waals surface area contributed by atoms with E-state index in [-0.39, 0.29) is 5.76 Å². The number of amidine groups is 2. The Labute approximate surface area is 181 Å². The second-order valence-electron chi connectivity index (χ2n) is 7.82. The van der Waals surface area contributed by atoms with Crippen LogP contribution >= 0.6 is 0 Å². The van der Waals surface area contributed by atoms with Gasteiger partial charge in [-0.1, -0.05) is 48.6 Å². The molecule has 3 unspecified atom stereocenters. The van der Waals surface area contributed by atoms with E-state index < -0.39 is 18.4 Å². The van der Waals surface area contributed by atoms with Gasteiger partial charge in [0, 0.05) is 12.2 Å². The van der Waals surface area contributed by atoms with Crippen LogP contribution in [0.25, 0.3) is 16.8 Å². The van der Waals surface area contributed by atoms with Crippen molar-refractivity contribution in [2.75, 3.05) is 6.61 Å². The molecule has 5 rings (SSSR count). The summed E-state index contributed by atoms with van der Waals surface area (Å²) in [6.45, 7) is 2.34. The van der Waals surface area contributed by atoms with Crippen LogP contribution in [0.5, 0.6) is 0 Å². The lowest BCUT2D eigenvalue weighted by Crippen LogP contribution is -2.46. The molecular weight excluding hydrogens is 390 g/mol. The van der Waals surface area contributed by atoms with Crippen LogP contribution in [0.2, 0.25) is 0 Å². The third-order valence-electron chi connectivity index (χ3n) is 5.89. The van der Waals surface area contributed by atoms with E-state index in [2.05, 4.69) is 46.7 Å². The van der Waals surface area contributed by atoms with Gasteiger partial charge >= 0.3 is 0 Å². The van der Waals surface area contributed by atoms with E-state index in [4.69, 9.17) is 9.73 Å². The van der Waals surface area contributed by atoms with Crippen molar-refractivity contribution in [1.29, 1.82) is 0 Å². The number of aryl methyl sites for hydroxylation is 1. The highest BCUT2D eigenvalue weighted by atomic mass is 16.5. The molecule has 6 nitrogen and oxygen atoms in total. The number of nitrogens with zero attached hydrogens (tertiary/aromatic N) is 2. The van der Waals surface area contributed by atoms with Crippen molar-refractivity contribution in [2.45, 2.75) is 32.2 Å². The normalized spacial score (nSPS) is 24.8. The Balaban J connectivity index is 1.62. The van der Waals surface area contributed by atoms with Crippen molar-refractivity contribution in [2.24, 2.45) is 15.9 Å². The van der Waals surface area contributed by atoms with Crippen molar-refractivity contribution >= 4 is 28.5 Å². The van der Waals surface area contributed by atoms with Gasteiger partial charge in [0.05, 0.1) is 6.10 Å². The molecule has 3 atom stereocenters. The average molecular weight is 415 g/mol.